The van der Waals surface area contributed by atoms with Crippen molar-refractivity contribution in [3.63, 3.8) is 0 Å². The van der Waals surface area contributed by atoms with Crippen molar-refractivity contribution in [3.05, 3.63) is 47.6 Å². The summed E-state index contributed by atoms with van der Waals surface area (Å²) in [5, 5.41) is 4.63. The van der Waals surface area contributed by atoms with Gasteiger partial charge < -0.3 is 9.47 Å². The van der Waals surface area contributed by atoms with Crippen molar-refractivity contribution < 1.29 is 14.3 Å². The highest BCUT2D eigenvalue weighted by atomic mass is 32.2. The smallest absolute Gasteiger partial charge is 0.215 e. The van der Waals surface area contributed by atoms with E-state index in [1.54, 1.807) is 31.4 Å². The Morgan fingerprint density at radius 1 is 1.38 bits per heavy atom. The zero-order valence-electron chi connectivity index (χ0n) is 11.4. The molecule has 0 amide bonds. The van der Waals surface area contributed by atoms with Crippen LogP contribution in [0.5, 0.6) is 5.75 Å². The van der Waals surface area contributed by atoms with Crippen molar-refractivity contribution in [2.24, 2.45) is 0 Å². The molecule has 1 aliphatic rings. The van der Waals surface area contributed by atoms with Crippen LogP contribution in [0.4, 0.5) is 0 Å². The van der Waals surface area contributed by atoms with E-state index in [0.717, 1.165) is 5.75 Å². The van der Waals surface area contributed by atoms with Crippen LogP contribution in [0.2, 0.25) is 0 Å². The molecule has 2 aromatic rings. The quantitative estimate of drug-likeness (QED) is 0.636. The molecule has 1 aromatic carbocycles. The summed E-state index contributed by atoms with van der Waals surface area (Å²) in [6, 6.07) is 6.94. The van der Waals surface area contributed by atoms with Crippen molar-refractivity contribution in [3.8, 4) is 5.75 Å². The number of benzene rings is 1. The molecule has 1 saturated heterocycles. The number of methoxy groups -OCH3 is 1. The SMILES string of the molecule is COc1ccc(C(=O)/C(=C2/OCCS2)n2cncn2)cc1. The number of carbonyl (C=O) groups is 1. The van der Waals surface area contributed by atoms with Crippen molar-refractivity contribution >= 4 is 23.2 Å². The molecule has 1 aliphatic heterocycles. The summed E-state index contributed by atoms with van der Waals surface area (Å²) >= 11 is 1.50. The standard InChI is InChI=1S/C14H13N3O3S/c1-19-11-4-2-10(3-5-11)13(18)12(14-20-6-7-21-14)17-9-15-8-16-17/h2-5,8-9H,6-7H2,1H3/b14-12+. The van der Waals surface area contributed by atoms with Gasteiger partial charge in [-0.1, -0.05) is 11.8 Å². The Hall–Kier alpha value is -2.28. The highest BCUT2D eigenvalue weighted by Crippen LogP contribution is 2.31. The van der Waals surface area contributed by atoms with E-state index < -0.39 is 0 Å². The Balaban J connectivity index is 2.00. The number of thioether (sulfide) groups is 1. The first-order chi connectivity index (χ1) is 10.3. The van der Waals surface area contributed by atoms with Crippen LogP contribution in [-0.2, 0) is 4.74 Å². The molecule has 21 heavy (non-hydrogen) atoms. The van der Waals surface area contributed by atoms with E-state index in [1.165, 1.54) is 29.1 Å². The first-order valence-electron chi connectivity index (χ1n) is 6.33. The second kappa shape index (κ2) is 6.01. The molecular formula is C14H13N3O3S. The summed E-state index contributed by atoms with van der Waals surface area (Å²) in [5.74, 6) is 1.37. The van der Waals surface area contributed by atoms with Gasteiger partial charge in [0.2, 0.25) is 5.78 Å². The molecule has 0 unspecified atom stereocenters. The Bertz CT molecular complexity index is 657. The number of allylic oxidation sites excluding steroid dienone is 1. The number of hydrogen-bond donors (Lipinski definition) is 0. The van der Waals surface area contributed by atoms with Crippen molar-refractivity contribution in [2.45, 2.75) is 0 Å². The monoisotopic (exact) mass is 303 g/mol. The lowest BCUT2D eigenvalue weighted by atomic mass is 10.1. The molecule has 3 rings (SSSR count). The van der Waals surface area contributed by atoms with Gasteiger partial charge >= 0.3 is 0 Å². The van der Waals surface area contributed by atoms with Crippen LogP contribution in [0.3, 0.4) is 0 Å². The van der Waals surface area contributed by atoms with Gasteiger partial charge in [0, 0.05) is 11.3 Å². The van der Waals surface area contributed by atoms with E-state index in [2.05, 4.69) is 10.1 Å². The Labute approximate surface area is 125 Å². The van der Waals surface area contributed by atoms with Gasteiger partial charge in [0.05, 0.1) is 13.7 Å². The fourth-order valence-corrected chi connectivity index (χ4v) is 2.78. The van der Waals surface area contributed by atoms with Gasteiger partial charge in [0.25, 0.3) is 0 Å². The molecule has 0 N–H and O–H groups in total. The fraction of sp³-hybridized carbons (Fsp3) is 0.214. The fourth-order valence-electron chi connectivity index (χ4n) is 1.94. The summed E-state index contributed by atoms with van der Waals surface area (Å²) in [4.78, 5) is 16.6. The van der Waals surface area contributed by atoms with E-state index in [1.807, 2.05) is 0 Å². The summed E-state index contributed by atoms with van der Waals surface area (Å²) in [7, 11) is 1.59. The van der Waals surface area contributed by atoms with Gasteiger partial charge in [-0.15, -0.1) is 0 Å². The summed E-state index contributed by atoms with van der Waals surface area (Å²) in [6.07, 6.45) is 2.88. The Kier molecular flexibility index (Phi) is 3.92. The number of nitrogens with zero attached hydrogens (tertiary/aromatic N) is 3. The van der Waals surface area contributed by atoms with Crippen LogP contribution < -0.4 is 4.74 Å². The molecule has 6 nitrogen and oxygen atoms in total. The predicted octanol–water partition coefficient (Wildman–Crippen LogP) is 2.06. The first-order valence-corrected chi connectivity index (χ1v) is 7.32. The molecule has 0 aliphatic carbocycles. The van der Waals surface area contributed by atoms with Crippen LogP contribution in [0.15, 0.2) is 42.0 Å². The second-order valence-electron chi connectivity index (χ2n) is 4.23. The lowest BCUT2D eigenvalue weighted by Gasteiger charge is -2.09. The van der Waals surface area contributed by atoms with E-state index in [9.17, 15) is 4.79 Å². The first kappa shape index (κ1) is 13.7. The average Bonchev–Trinajstić information content (AvgIpc) is 3.21. The molecule has 1 fully saturated rings. The van der Waals surface area contributed by atoms with Gasteiger partial charge in [-0.3, -0.25) is 4.79 Å². The van der Waals surface area contributed by atoms with E-state index in [4.69, 9.17) is 9.47 Å². The van der Waals surface area contributed by atoms with Gasteiger partial charge in [0.15, 0.2) is 10.8 Å². The third-order valence-electron chi connectivity index (χ3n) is 2.96. The molecule has 0 radical (unpaired) electrons. The number of rotatable bonds is 4. The van der Waals surface area contributed by atoms with E-state index >= 15 is 0 Å². The number of ketones is 1. The lowest BCUT2D eigenvalue weighted by molar-refractivity contribution is 0.104. The zero-order valence-corrected chi connectivity index (χ0v) is 12.2. The van der Waals surface area contributed by atoms with Crippen LogP contribution in [0.25, 0.3) is 5.70 Å². The highest BCUT2D eigenvalue weighted by molar-refractivity contribution is 8.03. The van der Waals surface area contributed by atoms with Crippen LogP contribution in [0.1, 0.15) is 10.4 Å². The third kappa shape index (κ3) is 2.78. The molecule has 0 saturated carbocycles. The average molecular weight is 303 g/mol. The molecule has 0 spiro atoms. The van der Waals surface area contributed by atoms with Gasteiger partial charge in [-0.2, -0.15) is 5.10 Å². The van der Waals surface area contributed by atoms with Crippen molar-refractivity contribution in [1.29, 1.82) is 0 Å². The predicted molar refractivity (Wildman–Crippen MR) is 79.0 cm³/mol. The molecule has 0 bridgehead atoms. The molecule has 0 atom stereocenters. The summed E-state index contributed by atoms with van der Waals surface area (Å²) in [5.41, 5.74) is 0.935. The van der Waals surface area contributed by atoms with Gasteiger partial charge in [-0.25, -0.2) is 9.67 Å². The Morgan fingerprint density at radius 2 is 2.19 bits per heavy atom. The minimum atomic E-state index is -0.160. The topological polar surface area (TPSA) is 66.2 Å². The van der Waals surface area contributed by atoms with Crippen molar-refractivity contribution in [2.75, 3.05) is 19.5 Å². The maximum Gasteiger partial charge on any atom is 0.215 e. The van der Waals surface area contributed by atoms with Crippen LogP contribution in [0, 0.1) is 0 Å². The largest absolute Gasteiger partial charge is 0.497 e. The van der Waals surface area contributed by atoms with E-state index in [-0.39, 0.29) is 5.78 Å². The lowest BCUT2D eigenvalue weighted by Crippen LogP contribution is -2.12. The minimum Gasteiger partial charge on any atom is -0.497 e. The van der Waals surface area contributed by atoms with Gasteiger partial charge in [-0.05, 0) is 24.3 Å². The maximum atomic E-state index is 12.7. The number of Topliss-reactive ketones (excluding diaryl/α,β-unsaturated/α-hetero) is 1. The van der Waals surface area contributed by atoms with Crippen molar-refractivity contribution in [1.82, 2.24) is 14.8 Å². The molecule has 108 valence electrons. The highest BCUT2D eigenvalue weighted by Gasteiger charge is 2.24. The van der Waals surface area contributed by atoms with Gasteiger partial charge in [0.1, 0.15) is 18.4 Å². The molecule has 2 heterocycles. The summed E-state index contributed by atoms with van der Waals surface area (Å²) < 4.78 is 12.1. The summed E-state index contributed by atoms with van der Waals surface area (Å²) in [6.45, 7) is 0.591. The van der Waals surface area contributed by atoms with Crippen LogP contribution >= 0.6 is 11.8 Å². The molecule has 7 heteroatoms. The Morgan fingerprint density at radius 3 is 2.76 bits per heavy atom. The number of aromatic nitrogens is 3. The van der Waals surface area contributed by atoms with Crippen LogP contribution in [-0.4, -0.2) is 40.0 Å². The minimum absolute atomic E-state index is 0.160. The number of ether oxygens (including phenoxy) is 2. The van der Waals surface area contributed by atoms with E-state index in [0.29, 0.717) is 28.7 Å². The molecular weight excluding hydrogens is 290 g/mol. The third-order valence-corrected chi connectivity index (χ3v) is 3.90. The molecule has 1 aromatic heterocycles. The normalized spacial score (nSPS) is 16.4. The number of hydrogen-bond acceptors (Lipinski definition) is 6. The zero-order chi connectivity index (χ0) is 14.7. The maximum absolute atomic E-state index is 12.7. The number of carbonyl (C=O) groups excluding carboxylic acids is 1. The second-order valence-corrected chi connectivity index (χ2v) is 5.30.